The molecular formula is C23H23Cl2N5O3. The smallest absolute Gasteiger partial charge is 0.332 e. The monoisotopic (exact) mass is 487 g/mol. The number of benzene rings is 2. The molecule has 2 aromatic carbocycles. The summed E-state index contributed by atoms with van der Waals surface area (Å²) in [6.07, 6.45) is 0. The fraction of sp³-hybridized carbons (Fsp3) is 0.261. The second-order valence-electron chi connectivity index (χ2n) is 7.60. The number of ether oxygens (including phenoxy) is 1. The molecule has 172 valence electrons. The Morgan fingerprint density at radius 3 is 2.00 bits per heavy atom. The molecule has 8 nitrogen and oxygen atoms in total. The number of halogens is 2. The predicted molar refractivity (Wildman–Crippen MR) is 131 cm³/mol. The van der Waals surface area contributed by atoms with Crippen molar-refractivity contribution >= 4 is 40.3 Å². The zero-order chi connectivity index (χ0) is 23.5. The van der Waals surface area contributed by atoms with E-state index in [1.54, 1.807) is 55.1 Å². The summed E-state index contributed by atoms with van der Waals surface area (Å²) >= 11 is 12.0. The highest BCUT2D eigenvalue weighted by atomic mass is 35.5. The lowest BCUT2D eigenvalue weighted by atomic mass is 10.2. The van der Waals surface area contributed by atoms with Crippen LogP contribution in [-0.2, 0) is 24.9 Å². The van der Waals surface area contributed by atoms with Crippen molar-refractivity contribution in [3.63, 3.8) is 0 Å². The fourth-order valence-electron chi connectivity index (χ4n) is 3.61. The lowest BCUT2D eigenvalue weighted by Gasteiger charge is -2.12. The van der Waals surface area contributed by atoms with Crippen LogP contribution in [0.1, 0.15) is 11.1 Å². The standard InChI is InChI=1S/C23H23Cl2N5O3/c1-28-20-19(21(31)30(23(28)32)14-16-5-9-18(25)10-6-16)29(22(27-20)26-11-12-33-2)13-15-3-7-17(24)8-4-15/h3-10H,11-14H2,1-2H3,(H,26,27). The van der Waals surface area contributed by atoms with Crippen LogP contribution in [0.3, 0.4) is 0 Å². The van der Waals surface area contributed by atoms with Crippen LogP contribution in [0.2, 0.25) is 10.0 Å². The molecule has 0 spiro atoms. The Hall–Kier alpha value is -3.07. The molecule has 1 N–H and O–H groups in total. The van der Waals surface area contributed by atoms with Crippen LogP contribution in [0.25, 0.3) is 11.2 Å². The van der Waals surface area contributed by atoms with Gasteiger partial charge in [0.15, 0.2) is 11.2 Å². The number of hydrogen-bond acceptors (Lipinski definition) is 5. The van der Waals surface area contributed by atoms with Gasteiger partial charge in [-0.05, 0) is 35.4 Å². The molecular weight excluding hydrogens is 465 g/mol. The maximum atomic E-state index is 13.6. The Labute approximate surface area is 200 Å². The van der Waals surface area contributed by atoms with Gasteiger partial charge in [0.25, 0.3) is 5.56 Å². The van der Waals surface area contributed by atoms with Crippen LogP contribution in [0.15, 0.2) is 58.1 Å². The number of rotatable bonds is 8. The summed E-state index contributed by atoms with van der Waals surface area (Å²) in [6, 6.07) is 14.4. The Morgan fingerprint density at radius 2 is 1.45 bits per heavy atom. The second-order valence-corrected chi connectivity index (χ2v) is 8.47. The maximum absolute atomic E-state index is 13.6. The molecule has 4 rings (SSSR count). The molecule has 2 heterocycles. The first-order chi connectivity index (χ1) is 15.9. The van der Waals surface area contributed by atoms with Gasteiger partial charge in [-0.3, -0.25) is 18.5 Å². The minimum Gasteiger partial charge on any atom is -0.383 e. The third-order valence-electron chi connectivity index (χ3n) is 5.33. The second kappa shape index (κ2) is 9.82. The number of nitrogens with one attached hydrogen (secondary N) is 1. The van der Waals surface area contributed by atoms with Crippen molar-refractivity contribution < 1.29 is 4.74 Å². The SMILES string of the molecule is COCCNc1nc2c(c(=O)n(Cc3ccc(Cl)cc3)c(=O)n2C)n1Cc1ccc(Cl)cc1. The van der Waals surface area contributed by atoms with Crippen molar-refractivity contribution in [3.8, 4) is 0 Å². The van der Waals surface area contributed by atoms with Gasteiger partial charge in [-0.25, -0.2) is 4.79 Å². The molecule has 0 radical (unpaired) electrons. The fourth-order valence-corrected chi connectivity index (χ4v) is 3.86. The average Bonchev–Trinajstić information content (AvgIpc) is 3.16. The molecule has 0 atom stereocenters. The highest BCUT2D eigenvalue weighted by molar-refractivity contribution is 6.30. The summed E-state index contributed by atoms with van der Waals surface area (Å²) in [5, 5.41) is 4.42. The van der Waals surface area contributed by atoms with Crippen molar-refractivity contribution in [1.29, 1.82) is 0 Å². The largest absolute Gasteiger partial charge is 0.383 e. The van der Waals surface area contributed by atoms with Gasteiger partial charge in [-0.15, -0.1) is 0 Å². The van der Waals surface area contributed by atoms with Crippen molar-refractivity contribution in [3.05, 3.63) is 90.5 Å². The van der Waals surface area contributed by atoms with E-state index in [-0.39, 0.29) is 6.54 Å². The molecule has 0 saturated carbocycles. The Kier molecular flexibility index (Phi) is 6.88. The maximum Gasteiger partial charge on any atom is 0.332 e. The topological polar surface area (TPSA) is 83.1 Å². The van der Waals surface area contributed by atoms with Gasteiger partial charge < -0.3 is 10.1 Å². The minimum atomic E-state index is -0.443. The Morgan fingerprint density at radius 1 is 0.909 bits per heavy atom. The van der Waals surface area contributed by atoms with E-state index >= 15 is 0 Å². The summed E-state index contributed by atoms with van der Waals surface area (Å²) in [5.41, 5.74) is 1.52. The van der Waals surface area contributed by atoms with Crippen LogP contribution in [0.5, 0.6) is 0 Å². The molecule has 0 aliphatic rings. The van der Waals surface area contributed by atoms with E-state index in [0.717, 1.165) is 11.1 Å². The molecule has 0 fully saturated rings. The third kappa shape index (κ3) is 4.83. The van der Waals surface area contributed by atoms with Crippen LogP contribution in [0, 0.1) is 0 Å². The quantitative estimate of drug-likeness (QED) is 0.385. The van der Waals surface area contributed by atoms with E-state index in [9.17, 15) is 9.59 Å². The van der Waals surface area contributed by atoms with Crippen LogP contribution >= 0.6 is 23.2 Å². The van der Waals surface area contributed by atoms with E-state index < -0.39 is 11.2 Å². The molecule has 0 aliphatic heterocycles. The number of fused-ring (bicyclic) bond motifs is 1. The summed E-state index contributed by atoms with van der Waals surface area (Å²) < 4.78 is 9.52. The van der Waals surface area contributed by atoms with E-state index in [2.05, 4.69) is 10.3 Å². The van der Waals surface area contributed by atoms with Gasteiger partial charge in [0, 0.05) is 30.7 Å². The van der Waals surface area contributed by atoms with Crippen LogP contribution < -0.4 is 16.6 Å². The van der Waals surface area contributed by atoms with Crippen molar-refractivity contribution in [2.24, 2.45) is 7.05 Å². The molecule has 4 aromatic rings. The number of aryl methyl sites for hydroxylation is 1. The molecule has 0 bridgehead atoms. The average molecular weight is 488 g/mol. The summed E-state index contributed by atoms with van der Waals surface area (Å²) in [7, 11) is 3.22. The molecule has 0 unspecified atom stereocenters. The molecule has 0 amide bonds. The number of methoxy groups -OCH3 is 1. The number of aromatic nitrogens is 4. The predicted octanol–water partition coefficient (Wildman–Crippen LogP) is 3.36. The third-order valence-corrected chi connectivity index (χ3v) is 5.83. The Balaban J connectivity index is 1.87. The zero-order valence-electron chi connectivity index (χ0n) is 18.2. The van der Waals surface area contributed by atoms with Gasteiger partial charge in [-0.1, -0.05) is 47.5 Å². The molecule has 10 heteroatoms. The van der Waals surface area contributed by atoms with Crippen molar-refractivity contribution in [2.45, 2.75) is 13.1 Å². The molecule has 33 heavy (non-hydrogen) atoms. The molecule has 0 aliphatic carbocycles. The van der Waals surface area contributed by atoms with Gasteiger partial charge in [0.1, 0.15) is 0 Å². The number of hydrogen-bond donors (Lipinski definition) is 1. The van der Waals surface area contributed by atoms with E-state index in [1.165, 1.54) is 9.13 Å². The van der Waals surface area contributed by atoms with Crippen molar-refractivity contribution in [1.82, 2.24) is 18.7 Å². The summed E-state index contributed by atoms with van der Waals surface area (Å²) in [4.78, 5) is 31.2. The van der Waals surface area contributed by atoms with E-state index in [0.29, 0.717) is 46.9 Å². The van der Waals surface area contributed by atoms with E-state index in [1.807, 2.05) is 12.1 Å². The highest BCUT2D eigenvalue weighted by Crippen LogP contribution is 2.19. The first-order valence-electron chi connectivity index (χ1n) is 10.3. The van der Waals surface area contributed by atoms with E-state index in [4.69, 9.17) is 27.9 Å². The van der Waals surface area contributed by atoms with Gasteiger partial charge in [0.2, 0.25) is 5.95 Å². The Bertz CT molecular complexity index is 1390. The normalized spacial score (nSPS) is 11.3. The lowest BCUT2D eigenvalue weighted by molar-refractivity contribution is 0.210. The first-order valence-corrected chi connectivity index (χ1v) is 11.1. The van der Waals surface area contributed by atoms with Gasteiger partial charge >= 0.3 is 5.69 Å². The first kappa shape index (κ1) is 23.1. The zero-order valence-corrected chi connectivity index (χ0v) is 19.7. The number of anilines is 1. The van der Waals surface area contributed by atoms with Crippen LogP contribution in [0.4, 0.5) is 5.95 Å². The molecule has 2 aromatic heterocycles. The van der Waals surface area contributed by atoms with Gasteiger partial charge in [-0.2, -0.15) is 4.98 Å². The number of nitrogens with zero attached hydrogens (tertiary/aromatic N) is 4. The van der Waals surface area contributed by atoms with Crippen molar-refractivity contribution in [2.75, 3.05) is 25.6 Å². The van der Waals surface area contributed by atoms with Gasteiger partial charge in [0.05, 0.1) is 19.7 Å². The number of imidazole rings is 1. The molecule has 0 saturated heterocycles. The lowest BCUT2D eigenvalue weighted by Crippen LogP contribution is -2.40. The summed E-state index contributed by atoms with van der Waals surface area (Å²) in [6.45, 7) is 1.45. The summed E-state index contributed by atoms with van der Waals surface area (Å²) in [5.74, 6) is 0.480. The van der Waals surface area contributed by atoms with Crippen LogP contribution in [-0.4, -0.2) is 38.9 Å². The minimum absolute atomic E-state index is 0.122. The highest BCUT2D eigenvalue weighted by Gasteiger charge is 2.20.